The molecule has 1 aromatic rings. The van der Waals surface area contributed by atoms with Crippen LogP contribution in [0, 0.1) is 0 Å². The molecule has 1 fully saturated rings. The molecule has 1 aromatic heterocycles. The maximum atomic E-state index is 4.23. The van der Waals surface area contributed by atoms with Gasteiger partial charge in [0.05, 0.1) is 16.4 Å². The smallest absolute Gasteiger partial charge is 0.0663 e. The lowest BCUT2D eigenvalue weighted by Gasteiger charge is -2.31. The van der Waals surface area contributed by atoms with E-state index in [1.165, 1.54) is 5.69 Å². The van der Waals surface area contributed by atoms with E-state index in [0.29, 0.717) is 6.04 Å². The van der Waals surface area contributed by atoms with Gasteiger partial charge in [0.15, 0.2) is 0 Å². The normalized spacial score (nSPS) is 21.8. The summed E-state index contributed by atoms with van der Waals surface area (Å²) in [6.07, 6.45) is 1.86. The van der Waals surface area contributed by atoms with Gasteiger partial charge in [0, 0.05) is 39.3 Å². The predicted molar refractivity (Wildman–Crippen MR) is 70.9 cm³/mol. The largest absolute Gasteiger partial charge is 0.312 e. The first kappa shape index (κ1) is 14.0. The molecule has 4 nitrogen and oxygen atoms in total. The van der Waals surface area contributed by atoms with E-state index >= 15 is 0 Å². The van der Waals surface area contributed by atoms with Gasteiger partial charge in [-0.15, -0.1) is 12.4 Å². The van der Waals surface area contributed by atoms with E-state index in [-0.39, 0.29) is 12.4 Å². The number of piperazine rings is 1. The van der Waals surface area contributed by atoms with Gasteiger partial charge in [-0.2, -0.15) is 5.10 Å². The van der Waals surface area contributed by atoms with Gasteiger partial charge in [-0.3, -0.25) is 9.58 Å². The second-order valence-electron chi connectivity index (χ2n) is 4.15. The number of aryl methyl sites for hydroxylation is 1. The molecule has 1 aliphatic rings. The highest BCUT2D eigenvalue weighted by molar-refractivity contribution is 9.10. The van der Waals surface area contributed by atoms with Gasteiger partial charge >= 0.3 is 0 Å². The van der Waals surface area contributed by atoms with Crippen molar-refractivity contribution in [3.8, 4) is 0 Å². The van der Waals surface area contributed by atoms with Gasteiger partial charge < -0.3 is 5.32 Å². The van der Waals surface area contributed by atoms with E-state index in [9.17, 15) is 0 Å². The third-order valence-electron chi connectivity index (χ3n) is 2.84. The molecule has 2 heterocycles. The highest BCUT2D eigenvalue weighted by Gasteiger charge is 2.17. The predicted octanol–water partition coefficient (Wildman–Crippen LogP) is 1.40. The zero-order valence-electron chi connectivity index (χ0n) is 9.61. The number of nitrogens with zero attached hydrogens (tertiary/aromatic N) is 3. The van der Waals surface area contributed by atoms with Crippen molar-refractivity contribution in [1.82, 2.24) is 20.0 Å². The van der Waals surface area contributed by atoms with Crippen molar-refractivity contribution < 1.29 is 0 Å². The molecule has 0 aliphatic carbocycles. The van der Waals surface area contributed by atoms with Gasteiger partial charge in [-0.1, -0.05) is 0 Å². The Labute approximate surface area is 111 Å². The number of nitrogens with one attached hydrogen (secondary N) is 1. The van der Waals surface area contributed by atoms with Crippen LogP contribution in [0.15, 0.2) is 10.7 Å². The Balaban J connectivity index is 0.00000128. The Morgan fingerprint density at radius 2 is 2.38 bits per heavy atom. The minimum atomic E-state index is 0. The Morgan fingerprint density at radius 1 is 1.62 bits per heavy atom. The first-order valence-electron chi connectivity index (χ1n) is 5.29. The summed E-state index contributed by atoms with van der Waals surface area (Å²) in [5, 5.41) is 7.67. The fourth-order valence-corrected chi connectivity index (χ4v) is 2.46. The summed E-state index contributed by atoms with van der Waals surface area (Å²) in [6.45, 7) is 6.50. The van der Waals surface area contributed by atoms with Crippen molar-refractivity contribution in [2.24, 2.45) is 7.05 Å². The molecule has 0 spiro atoms. The third kappa shape index (κ3) is 3.20. The molecule has 6 heteroatoms. The number of aromatic nitrogens is 2. The minimum Gasteiger partial charge on any atom is -0.312 e. The molecule has 0 bridgehead atoms. The Kier molecular flexibility index (Phi) is 5.24. The van der Waals surface area contributed by atoms with Gasteiger partial charge in [0.2, 0.25) is 0 Å². The van der Waals surface area contributed by atoms with Crippen LogP contribution in [0.4, 0.5) is 0 Å². The van der Waals surface area contributed by atoms with Crippen molar-refractivity contribution in [1.29, 1.82) is 0 Å². The lowest BCUT2D eigenvalue weighted by Crippen LogP contribution is -2.48. The van der Waals surface area contributed by atoms with Crippen LogP contribution < -0.4 is 5.32 Å². The molecule has 0 saturated carbocycles. The van der Waals surface area contributed by atoms with Crippen LogP contribution >= 0.6 is 28.3 Å². The molecule has 2 rings (SSSR count). The standard InChI is InChI=1S/C10H17BrN4.ClH/c1-8-6-15(4-3-12-8)7-10-9(11)5-13-14(10)2;/h5,8,12H,3-4,6-7H2,1-2H3;1H/t8-;/m1./s1. The fourth-order valence-electron chi connectivity index (χ4n) is 1.98. The van der Waals surface area contributed by atoms with Gasteiger partial charge in [0.1, 0.15) is 0 Å². The Hall–Kier alpha value is -0.100. The Bertz CT molecular complexity index is 322. The van der Waals surface area contributed by atoms with Crippen LogP contribution in [-0.2, 0) is 13.6 Å². The summed E-state index contributed by atoms with van der Waals surface area (Å²) < 4.78 is 3.05. The van der Waals surface area contributed by atoms with Crippen molar-refractivity contribution in [3.63, 3.8) is 0 Å². The lowest BCUT2D eigenvalue weighted by molar-refractivity contribution is 0.195. The highest BCUT2D eigenvalue weighted by atomic mass is 79.9. The first-order chi connectivity index (χ1) is 7.16. The number of rotatable bonds is 2. The molecule has 0 radical (unpaired) electrons. The molecular weight excluding hydrogens is 291 g/mol. The molecule has 1 atom stereocenters. The molecule has 1 N–H and O–H groups in total. The summed E-state index contributed by atoms with van der Waals surface area (Å²) in [4.78, 5) is 2.46. The lowest BCUT2D eigenvalue weighted by atomic mass is 10.2. The van der Waals surface area contributed by atoms with E-state index in [4.69, 9.17) is 0 Å². The summed E-state index contributed by atoms with van der Waals surface area (Å²) in [6, 6.07) is 0.589. The van der Waals surface area contributed by atoms with Crippen molar-refractivity contribution in [2.75, 3.05) is 19.6 Å². The van der Waals surface area contributed by atoms with Crippen LogP contribution in [0.5, 0.6) is 0 Å². The molecule has 1 saturated heterocycles. The van der Waals surface area contributed by atoms with E-state index < -0.39 is 0 Å². The average molecular weight is 310 g/mol. The van der Waals surface area contributed by atoms with Gasteiger partial charge in [-0.05, 0) is 22.9 Å². The topological polar surface area (TPSA) is 33.1 Å². The number of hydrogen-bond acceptors (Lipinski definition) is 3. The van der Waals surface area contributed by atoms with E-state index in [2.05, 4.69) is 38.2 Å². The maximum Gasteiger partial charge on any atom is 0.0663 e. The average Bonchev–Trinajstić information content (AvgIpc) is 2.50. The van der Waals surface area contributed by atoms with Crippen molar-refractivity contribution in [3.05, 3.63) is 16.4 Å². The van der Waals surface area contributed by atoms with Crippen LogP contribution in [0.3, 0.4) is 0 Å². The molecule has 0 unspecified atom stereocenters. The van der Waals surface area contributed by atoms with Crippen LogP contribution in [0.25, 0.3) is 0 Å². The second-order valence-corrected chi connectivity index (χ2v) is 5.01. The van der Waals surface area contributed by atoms with Crippen LogP contribution in [0.1, 0.15) is 12.6 Å². The molecule has 92 valence electrons. The summed E-state index contributed by atoms with van der Waals surface area (Å²) >= 11 is 3.53. The molecule has 16 heavy (non-hydrogen) atoms. The molecular formula is C10H18BrClN4. The Morgan fingerprint density at radius 3 is 2.94 bits per heavy atom. The zero-order valence-corrected chi connectivity index (χ0v) is 12.0. The fraction of sp³-hybridized carbons (Fsp3) is 0.700. The number of hydrogen-bond donors (Lipinski definition) is 1. The minimum absolute atomic E-state index is 0. The third-order valence-corrected chi connectivity index (χ3v) is 3.50. The van der Waals surface area contributed by atoms with E-state index in [1.54, 1.807) is 0 Å². The number of halogens is 2. The van der Waals surface area contributed by atoms with Gasteiger partial charge in [0.25, 0.3) is 0 Å². The van der Waals surface area contributed by atoms with E-state index in [1.807, 2.05) is 17.9 Å². The maximum absolute atomic E-state index is 4.23. The van der Waals surface area contributed by atoms with Crippen molar-refractivity contribution in [2.45, 2.75) is 19.5 Å². The van der Waals surface area contributed by atoms with Crippen LogP contribution in [0.2, 0.25) is 0 Å². The summed E-state index contributed by atoms with van der Waals surface area (Å²) in [5.74, 6) is 0. The zero-order chi connectivity index (χ0) is 10.8. The second kappa shape index (κ2) is 6.00. The van der Waals surface area contributed by atoms with E-state index in [0.717, 1.165) is 30.7 Å². The van der Waals surface area contributed by atoms with Crippen molar-refractivity contribution >= 4 is 28.3 Å². The summed E-state index contributed by atoms with van der Waals surface area (Å²) in [5.41, 5.74) is 1.25. The first-order valence-corrected chi connectivity index (χ1v) is 6.08. The van der Waals surface area contributed by atoms with Gasteiger partial charge in [-0.25, -0.2) is 0 Å². The SMILES string of the molecule is C[C@@H]1CN(Cc2c(Br)cnn2C)CCN1.Cl. The summed E-state index contributed by atoms with van der Waals surface area (Å²) in [7, 11) is 1.99. The highest BCUT2D eigenvalue weighted by Crippen LogP contribution is 2.17. The molecule has 0 aromatic carbocycles. The molecule has 1 aliphatic heterocycles. The monoisotopic (exact) mass is 308 g/mol. The quantitative estimate of drug-likeness (QED) is 0.896. The van der Waals surface area contributed by atoms with Crippen LogP contribution in [-0.4, -0.2) is 40.4 Å². The molecule has 0 amide bonds.